The summed E-state index contributed by atoms with van der Waals surface area (Å²) in [6, 6.07) is 0. The second-order valence-electron chi connectivity index (χ2n) is 7.73. The first-order valence-electron chi connectivity index (χ1n) is 8.77. The van der Waals surface area contributed by atoms with Crippen LogP contribution in [0.5, 0.6) is 0 Å². The van der Waals surface area contributed by atoms with Gasteiger partial charge in [-0.1, -0.05) is 41.5 Å². The van der Waals surface area contributed by atoms with Gasteiger partial charge in [-0.3, -0.25) is 0 Å². The quantitative estimate of drug-likeness (QED) is 0.576. The van der Waals surface area contributed by atoms with Crippen molar-refractivity contribution in [1.29, 1.82) is 0 Å². The lowest BCUT2D eigenvalue weighted by atomic mass is 9.94. The fraction of sp³-hybridized carbons (Fsp3) is 1.00. The van der Waals surface area contributed by atoms with Gasteiger partial charge in [0, 0.05) is 0 Å². The van der Waals surface area contributed by atoms with E-state index < -0.39 is 0 Å². The van der Waals surface area contributed by atoms with Gasteiger partial charge in [-0.25, -0.2) is 0 Å². The molecule has 0 rings (SSSR count). The minimum Gasteiger partial charge on any atom is -0.330 e. The SMILES string of the molecule is CC(C)CCN(CCC(C)C)CCC(CN)CC(C)C. The van der Waals surface area contributed by atoms with Gasteiger partial charge in [-0.2, -0.15) is 0 Å². The largest absolute Gasteiger partial charge is 0.330 e. The third-order valence-corrected chi connectivity index (χ3v) is 4.04. The molecule has 0 spiro atoms. The first-order chi connectivity index (χ1) is 9.35. The topological polar surface area (TPSA) is 29.3 Å². The molecule has 0 aromatic carbocycles. The molecular formula is C18H40N2. The van der Waals surface area contributed by atoms with E-state index in [0.717, 1.165) is 24.3 Å². The van der Waals surface area contributed by atoms with Gasteiger partial charge in [-0.05, 0) is 75.5 Å². The lowest BCUT2D eigenvalue weighted by Gasteiger charge is -2.26. The highest BCUT2D eigenvalue weighted by atomic mass is 15.1. The summed E-state index contributed by atoms with van der Waals surface area (Å²) in [5, 5.41) is 0. The number of hydrogen-bond donors (Lipinski definition) is 1. The third-order valence-electron chi connectivity index (χ3n) is 4.04. The summed E-state index contributed by atoms with van der Waals surface area (Å²) in [5.74, 6) is 3.08. The summed E-state index contributed by atoms with van der Waals surface area (Å²) in [6.45, 7) is 18.5. The van der Waals surface area contributed by atoms with Crippen LogP contribution in [0, 0.1) is 23.7 Å². The standard InChI is InChI=1S/C18H40N2/c1-15(2)7-10-20(11-8-16(3)4)12-9-18(14-19)13-17(5)6/h15-18H,7-14,19H2,1-6H3. The predicted octanol–water partition coefficient (Wildman–Crippen LogP) is 4.39. The Kier molecular flexibility index (Phi) is 11.5. The molecular weight excluding hydrogens is 244 g/mol. The van der Waals surface area contributed by atoms with E-state index in [9.17, 15) is 0 Å². The number of rotatable bonds is 12. The molecule has 2 heteroatoms. The molecule has 0 aliphatic heterocycles. The molecule has 0 saturated heterocycles. The van der Waals surface area contributed by atoms with Gasteiger partial charge in [0.2, 0.25) is 0 Å². The molecule has 0 aromatic rings. The molecule has 122 valence electrons. The van der Waals surface area contributed by atoms with Crippen LogP contribution in [-0.4, -0.2) is 31.1 Å². The molecule has 1 unspecified atom stereocenters. The van der Waals surface area contributed by atoms with E-state index in [-0.39, 0.29) is 0 Å². The van der Waals surface area contributed by atoms with E-state index in [1.807, 2.05) is 0 Å². The van der Waals surface area contributed by atoms with E-state index >= 15 is 0 Å². The second-order valence-corrected chi connectivity index (χ2v) is 7.73. The van der Waals surface area contributed by atoms with Crippen molar-refractivity contribution in [2.24, 2.45) is 29.4 Å². The van der Waals surface area contributed by atoms with Gasteiger partial charge in [0.05, 0.1) is 0 Å². The van der Waals surface area contributed by atoms with Crippen molar-refractivity contribution in [2.75, 3.05) is 26.2 Å². The highest BCUT2D eigenvalue weighted by Gasteiger charge is 2.13. The fourth-order valence-corrected chi connectivity index (χ4v) is 2.58. The van der Waals surface area contributed by atoms with Crippen LogP contribution < -0.4 is 5.73 Å². The average Bonchev–Trinajstić information content (AvgIpc) is 2.35. The number of nitrogens with two attached hydrogens (primary N) is 1. The molecule has 0 aliphatic carbocycles. The normalized spacial score (nSPS) is 13.9. The maximum Gasteiger partial charge on any atom is -0.00156 e. The molecule has 0 bridgehead atoms. The van der Waals surface area contributed by atoms with Crippen LogP contribution in [0.1, 0.15) is 67.2 Å². The molecule has 0 radical (unpaired) electrons. The Hall–Kier alpha value is -0.0800. The summed E-state index contributed by atoms with van der Waals surface area (Å²) in [5.41, 5.74) is 5.93. The molecule has 2 nitrogen and oxygen atoms in total. The van der Waals surface area contributed by atoms with Crippen LogP contribution in [0.3, 0.4) is 0 Å². The minimum absolute atomic E-state index is 0.704. The molecule has 0 amide bonds. The van der Waals surface area contributed by atoms with Crippen molar-refractivity contribution in [2.45, 2.75) is 67.2 Å². The van der Waals surface area contributed by atoms with Crippen molar-refractivity contribution < 1.29 is 0 Å². The molecule has 0 aromatic heterocycles. The maximum atomic E-state index is 5.93. The summed E-state index contributed by atoms with van der Waals surface area (Å²) in [7, 11) is 0. The highest BCUT2D eigenvalue weighted by Crippen LogP contribution is 2.16. The Bertz CT molecular complexity index is 199. The van der Waals surface area contributed by atoms with Crippen LogP contribution in [-0.2, 0) is 0 Å². The van der Waals surface area contributed by atoms with Crippen LogP contribution in [0.25, 0.3) is 0 Å². The first kappa shape index (κ1) is 19.9. The van der Waals surface area contributed by atoms with Gasteiger partial charge >= 0.3 is 0 Å². The van der Waals surface area contributed by atoms with Gasteiger partial charge < -0.3 is 10.6 Å². The Labute approximate surface area is 128 Å². The number of nitrogens with zero attached hydrogens (tertiary/aromatic N) is 1. The lowest BCUT2D eigenvalue weighted by Crippen LogP contribution is -2.31. The predicted molar refractivity (Wildman–Crippen MR) is 92.0 cm³/mol. The minimum atomic E-state index is 0.704. The Morgan fingerprint density at radius 3 is 1.50 bits per heavy atom. The summed E-state index contributed by atoms with van der Waals surface area (Å²) < 4.78 is 0. The molecule has 1 atom stereocenters. The van der Waals surface area contributed by atoms with Crippen LogP contribution in [0.2, 0.25) is 0 Å². The summed E-state index contributed by atoms with van der Waals surface area (Å²) in [6.07, 6.45) is 5.18. The zero-order valence-electron chi connectivity index (χ0n) is 15.0. The highest BCUT2D eigenvalue weighted by molar-refractivity contribution is 4.67. The summed E-state index contributed by atoms with van der Waals surface area (Å²) >= 11 is 0. The molecule has 20 heavy (non-hydrogen) atoms. The smallest absolute Gasteiger partial charge is 0.00156 e. The Morgan fingerprint density at radius 2 is 1.15 bits per heavy atom. The molecule has 0 heterocycles. The monoisotopic (exact) mass is 284 g/mol. The van der Waals surface area contributed by atoms with Crippen molar-refractivity contribution >= 4 is 0 Å². The van der Waals surface area contributed by atoms with Crippen LogP contribution in [0.4, 0.5) is 0 Å². The third kappa shape index (κ3) is 11.7. The average molecular weight is 285 g/mol. The number of hydrogen-bond acceptors (Lipinski definition) is 2. The zero-order valence-corrected chi connectivity index (χ0v) is 15.0. The van der Waals surface area contributed by atoms with E-state index in [0.29, 0.717) is 5.92 Å². The van der Waals surface area contributed by atoms with E-state index in [1.165, 1.54) is 45.3 Å². The van der Waals surface area contributed by atoms with E-state index in [1.54, 1.807) is 0 Å². The van der Waals surface area contributed by atoms with Crippen LogP contribution in [0.15, 0.2) is 0 Å². The van der Waals surface area contributed by atoms with E-state index in [2.05, 4.69) is 46.4 Å². The van der Waals surface area contributed by atoms with Crippen molar-refractivity contribution in [3.8, 4) is 0 Å². The first-order valence-corrected chi connectivity index (χ1v) is 8.77. The zero-order chi connectivity index (χ0) is 15.5. The van der Waals surface area contributed by atoms with Crippen molar-refractivity contribution in [1.82, 2.24) is 4.90 Å². The van der Waals surface area contributed by atoms with Gasteiger partial charge in [0.1, 0.15) is 0 Å². The molecule has 0 saturated carbocycles. The molecule has 2 N–H and O–H groups in total. The van der Waals surface area contributed by atoms with Crippen molar-refractivity contribution in [3.05, 3.63) is 0 Å². The summed E-state index contributed by atoms with van der Waals surface area (Å²) in [4.78, 5) is 2.67. The van der Waals surface area contributed by atoms with Gasteiger partial charge in [0.25, 0.3) is 0 Å². The lowest BCUT2D eigenvalue weighted by molar-refractivity contribution is 0.220. The van der Waals surface area contributed by atoms with E-state index in [4.69, 9.17) is 5.73 Å². The van der Waals surface area contributed by atoms with Gasteiger partial charge in [0.15, 0.2) is 0 Å². The van der Waals surface area contributed by atoms with Crippen molar-refractivity contribution in [3.63, 3.8) is 0 Å². The van der Waals surface area contributed by atoms with Gasteiger partial charge in [-0.15, -0.1) is 0 Å². The Morgan fingerprint density at radius 1 is 0.700 bits per heavy atom. The Balaban J connectivity index is 4.16. The molecule has 0 aliphatic rings. The maximum absolute atomic E-state index is 5.93. The fourth-order valence-electron chi connectivity index (χ4n) is 2.58. The molecule has 0 fully saturated rings. The van der Waals surface area contributed by atoms with Crippen LogP contribution >= 0.6 is 0 Å². The second kappa shape index (κ2) is 11.6.